The van der Waals surface area contributed by atoms with Gasteiger partial charge in [0.25, 0.3) is 5.91 Å². The Hall–Kier alpha value is -3.33. The van der Waals surface area contributed by atoms with Crippen molar-refractivity contribution in [3.05, 3.63) is 76.6 Å². The van der Waals surface area contributed by atoms with Gasteiger partial charge in [0.05, 0.1) is 17.4 Å². The van der Waals surface area contributed by atoms with Crippen molar-refractivity contribution in [3.8, 4) is 5.69 Å². The summed E-state index contributed by atoms with van der Waals surface area (Å²) >= 11 is 5.80. The first-order valence-corrected chi connectivity index (χ1v) is 10.2. The number of carbonyl (C=O) groups excluding carboxylic acids is 2. The maximum atomic E-state index is 13.8. The third-order valence-electron chi connectivity index (χ3n) is 5.13. The van der Waals surface area contributed by atoms with Gasteiger partial charge in [0, 0.05) is 30.2 Å². The predicted molar refractivity (Wildman–Crippen MR) is 113 cm³/mol. The molecule has 166 valence electrons. The van der Waals surface area contributed by atoms with E-state index in [0.29, 0.717) is 28.2 Å². The Bertz CT molecular complexity index is 1140. The highest BCUT2D eigenvalue weighted by molar-refractivity contribution is 6.30. The molecule has 32 heavy (non-hydrogen) atoms. The van der Waals surface area contributed by atoms with Gasteiger partial charge in [0.15, 0.2) is 5.69 Å². The fourth-order valence-electron chi connectivity index (χ4n) is 3.56. The molecular formula is C22H18ClF3N4O2. The lowest BCUT2D eigenvalue weighted by Crippen LogP contribution is -2.26. The lowest BCUT2D eigenvalue weighted by atomic mass is 10.1. The van der Waals surface area contributed by atoms with Crippen LogP contribution >= 0.6 is 11.6 Å². The smallest absolute Gasteiger partial charge is 0.348 e. The van der Waals surface area contributed by atoms with E-state index < -0.39 is 23.3 Å². The van der Waals surface area contributed by atoms with E-state index in [4.69, 9.17) is 11.6 Å². The SMILES string of the molecule is O=C(NCc1ccc(N2CCCC2=O)cc1)c1cnn(-c2ccc(Cl)cc2)c1C(F)(F)F. The van der Waals surface area contributed by atoms with Crippen LogP contribution in [-0.2, 0) is 17.5 Å². The molecule has 0 saturated carbocycles. The molecule has 0 radical (unpaired) electrons. The second-order valence-corrected chi connectivity index (χ2v) is 7.73. The summed E-state index contributed by atoms with van der Waals surface area (Å²) in [4.78, 5) is 26.1. The summed E-state index contributed by atoms with van der Waals surface area (Å²) in [6, 6.07) is 12.6. The van der Waals surface area contributed by atoms with Crippen molar-refractivity contribution in [2.75, 3.05) is 11.4 Å². The Balaban J connectivity index is 1.51. The summed E-state index contributed by atoms with van der Waals surface area (Å²) in [5.41, 5.74) is -0.168. The molecular weight excluding hydrogens is 445 g/mol. The van der Waals surface area contributed by atoms with E-state index in [1.807, 2.05) is 0 Å². The van der Waals surface area contributed by atoms with Crippen LogP contribution in [0, 0.1) is 0 Å². The maximum absolute atomic E-state index is 13.8. The van der Waals surface area contributed by atoms with Gasteiger partial charge in [-0.1, -0.05) is 23.7 Å². The van der Waals surface area contributed by atoms with E-state index in [0.717, 1.165) is 18.3 Å². The van der Waals surface area contributed by atoms with Crippen LogP contribution in [-0.4, -0.2) is 28.1 Å². The first kappa shape index (κ1) is 21.9. The average Bonchev–Trinajstić information content (AvgIpc) is 3.39. The van der Waals surface area contributed by atoms with Crippen molar-refractivity contribution in [1.29, 1.82) is 0 Å². The van der Waals surface area contributed by atoms with Crippen LogP contribution in [0.5, 0.6) is 0 Å². The third-order valence-corrected chi connectivity index (χ3v) is 5.38. The number of nitrogens with zero attached hydrogens (tertiary/aromatic N) is 3. The first-order valence-electron chi connectivity index (χ1n) is 9.83. The number of anilines is 1. The topological polar surface area (TPSA) is 67.2 Å². The van der Waals surface area contributed by atoms with Gasteiger partial charge < -0.3 is 10.2 Å². The zero-order valence-electron chi connectivity index (χ0n) is 16.7. The molecule has 0 spiro atoms. The second-order valence-electron chi connectivity index (χ2n) is 7.29. The molecule has 3 aromatic rings. The average molecular weight is 463 g/mol. The van der Waals surface area contributed by atoms with E-state index in [1.54, 1.807) is 29.2 Å². The molecule has 2 heterocycles. The number of nitrogens with one attached hydrogen (secondary N) is 1. The summed E-state index contributed by atoms with van der Waals surface area (Å²) in [5, 5.41) is 6.65. The number of carbonyl (C=O) groups is 2. The van der Waals surface area contributed by atoms with Gasteiger partial charge in [0.2, 0.25) is 5.91 Å². The molecule has 6 nitrogen and oxygen atoms in total. The fraction of sp³-hybridized carbons (Fsp3) is 0.227. The fourth-order valence-corrected chi connectivity index (χ4v) is 3.68. The van der Waals surface area contributed by atoms with Crippen LogP contribution < -0.4 is 10.2 Å². The first-order chi connectivity index (χ1) is 15.2. The van der Waals surface area contributed by atoms with Crippen molar-refractivity contribution >= 4 is 29.1 Å². The normalized spacial score (nSPS) is 14.1. The molecule has 1 N–H and O–H groups in total. The number of rotatable bonds is 5. The lowest BCUT2D eigenvalue weighted by molar-refractivity contribution is -0.143. The Morgan fingerprint density at radius 3 is 2.31 bits per heavy atom. The predicted octanol–water partition coefficient (Wildman–Crippen LogP) is 4.60. The highest BCUT2D eigenvalue weighted by Gasteiger charge is 2.40. The van der Waals surface area contributed by atoms with Crippen molar-refractivity contribution in [2.45, 2.75) is 25.6 Å². The number of hydrogen-bond acceptors (Lipinski definition) is 3. The summed E-state index contributed by atoms with van der Waals surface area (Å²) < 4.78 is 41.9. The molecule has 1 saturated heterocycles. The van der Waals surface area contributed by atoms with Gasteiger partial charge in [-0.25, -0.2) is 4.68 Å². The van der Waals surface area contributed by atoms with Crippen molar-refractivity contribution in [3.63, 3.8) is 0 Å². The summed E-state index contributed by atoms with van der Waals surface area (Å²) in [6.07, 6.45) is -2.58. The van der Waals surface area contributed by atoms with Crippen molar-refractivity contribution in [1.82, 2.24) is 15.1 Å². The maximum Gasteiger partial charge on any atom is 0.434 e. The van der Waals surface area contributed by atoms with Gasteiger partial charge in [-0.15, -0.1) is 0 Å². The number of alkyl halides is 3. The minimum Gasteiger partial charge on any atom is -0.348 e. The Labute approximate surface area is 186 Å². The third kappa shape index (κ3) is 4.47. The van der Waals surface area contributed by atoms with Gasteiger partial charge >= 0.3 is 6.18 Å². The Morgan fingerprint density at radius 2 is 1.72 bits per heavy atom. The molecule has 0 unspecified atom stereocenters. The highest BCUT2D eigenvalue weighted by Crippen LogP contribution is 2.34. The van der Waals surface area contributed by atoms with Crippen molar-refractivity contribution in [2.24, 2.45) is 0 Å². The molecule has 0 aliphatic carbocycles. The Kier molecular flexibility index (Phi) is 5.92. The van der Waals surface area contributed by atoms with E-state index >= 15 is 0 Å². The quantitative estimate of drug-likeness (QED) is 0.602. The number of aromatic nitrogens is 2. The van der Waals surface area contributed by atoms with Crippen LogP contribution in [0.1, 0.15) is 34.5 Å². The van der Waals surface area contributed by atoms with E-state index in [2.05, 4.69) is 10.4 Å². The van der Waals surface area contributed by atoms with Gasteiger partial charge in [-0.05, 0) is 48.4 Å². The van der Waals surface area contributed by atoms with Crippen LogP contribution in [0.2, 0.25) is 5.02 Å². The number of hydrogen-bond donors (Lipinski definition) is 1. The van der Waals surface area contributed by atoms with Crippen LogP contribution in [0.3, 0.4) is 0 Å². The second kappa shape index (κ2) is 8.66. The van der Waals surface area contributed by atoms with Gasteiger partial charge in [-0.3, -0.25) is 9.59 Å². The summed E-state index contributed by atoms with van der Waals surface area (Å²) in [7, 11) is 0. The zero-order valence-corrected chi connectivity index (χ0v) is 17.5. The summed E-state index contributed by atoms with van der Waals surface area (Å²) in [5.74, 6) is -0.834. The monoisotopic (exact) mass is 462 g/mol. The highest BCUT2D eigenvalue weighted by atomic mass is 35.5. The van der Waals surface area contributed by atoms with Crippen LogP contribution in [0.15, 0.2) is 54.7 Å². The van der Waals surface area contributed by atoms with E-state index in [1.165, 1.54) is 24.3 Å². The molecule has 1 aliphatic heterocycles. The summed E-state index contributed by atoms with van der Waals surface area (Å²) in [6.45, 7) is 0.684. The number of halogens is 4. The molecule has 1 fully saturated rings. The van der Waals surface area contributed by atoms with Crippen LogP contribution in [0.25, 0.3) is 5.69 Å². The minimum absolute atomic E-state index is 0.0243. The number of benzene rings is 2. The minimum atomic E-state index is -4.80. The Morgan fingerprint density at radius 1 is 1.06 bits per heavy atom. The molecule has 10 heteroatoms. The van der Waals surface area contributed by atoms with Crippen molar-refractivity contribution < 1.29 is 22.8 Å². The zero-order chi connectivity index (χ0) is 22.9. The molecule has 0 bridgehead atoms. The van der Waals surface area contributed by atoms with E-state index in [9.17, 15) is 22.8 Å². The standard InChI is InChI=1S/C22H18ClF3N4O2/c23-15-5-9-17(10-6-15)30-20(22(24,25)26)18(13-28-30)21(32)27-12-14-3-7-16(8-4-14)29-11-1-2-19(29)31/h3-10,13H,1-2,11-12H2,(H,27,32). The molecule has 1 aromatic heterocycles. The van der Waals surface area contributed by atoms with E-state index in [-0.39, 0.29) is 18.1 Å². The molecule has 2 amide bonds. The molecule has 4 rings (SSSR count). The molecule has 1 aliphatic rings. The lowest BCUT2D eigenvalue weighted by Gasteiger charge is -2.16. The largest absolute Gasteiger partial charge is 0.434 e. The molecule has 0 atom stereocenters. The number of amides is 2. The van der Waals surface area contributed by atoms with Gasteiger partial charge in [-0.2, -0.15) is 18.3 Å². The van der Waals surface area contributed by atoms with Crippen LogP contribution in [0.4, 0.5) is 18.9 Å². The molecule has 2 aromatic carbocycles. The van der Waals surface area contributed by atoms with Gasteiger partial charge in [0.1, 0.15) is 0 Å².